The first-order valence-electron chi connectivity index (χ1n) is 7.44. The van der Waals surface area contributed by atoms with E-state index in [2.05, 4.69) is 36.8 Å². The average molecular weight is 356 g/mol. The van der Waals surface area contributed by atoms with Gasteiger partial charge in [0.1, 0.15) is 0 Å². The lowest BCUT2D eigenvalue weighted by Gasteiger charge is -2.44. The molecule has 0 spiro atoms. The fraction of sp³-hybridized carbons (Fsp3) is 0.667. The first kappa shape index (κ1) is 15.2. The second-order valence-corrected chi connectivity index (χ2v) is 6.50. The number of hydrogen-bond acceptors (Lipinski definition) is 5. The molecule has 0 N–H and O–H groups in total. The van der Waals surface area contributed by atoms with Gasteiger partial charge in [0.25, 0.3) is 0 Å². The van der Waals surface area contributed by atoms with Gasteiger partial charge in [-0.15, -0.1) is 0 Å². The molecule has 2 saturated heterocycles. The summed E-state index contributed by atoms with van der Waals surface area (Å²) in [4.78, 5) is 9.50. The Morgan fingerprint density at radius 3 is 3.05 bits per heavy atom. The molecule has 0 unspecified atom stereocenters. The molecular formula is C15H22BrN3O2. The van der Waals surface area contributed by atoms with Gasteiger partial charge in [-0.3, -0.25) is 9.88 Å². The minimum atomic E-state index is -0.00276. The summed E-state index contributed by atoms with van der Waals surface area (Å²) < 4.78 is 12.0. The Bertz CT molecular complexity index is 500. The van der Waals surface area contributed by atoms with Gasteiger partial charge in [0, 0.05) is 37.8 Å². The summed E-state index contributed by atoms with van der Waals surface area (Å²) in [7, 11) is 1.70. The number of morpholine rings is 1. The van der Waals surface area contributed by atoms with Crippen molar-refractivity contribution in [3.63, 3.8) is 0 Å². The van der Waals surface area contributed by atoms with Crippen LogP contribution in [0.2, 0.25) is 0 Å². The van der Waals surface area contributed by atoms with E-state index in [1.54, 1.807) is 7.11 Å². The van der Waals surface area contributed by atoms with Gasteiger partial charge in [0.15, 0.2) is 0 Å². The molecule has 0 bridgehead atoms. The van der Waals surface area contributed by atoms with E-state index in [1.165, 1.54) is 5.69 Å². The van der Waals surface area contributed by atoms with Gasteiger partial charge in [0.2, 0.25) is 0 Å². The molecule has 0 aromatic carbocycles. The van der Waals surface area contributed by atoms with Crippen LogP contribution in [0.1, 0.15) is 18.7 Å². The Labute approximate surface area is 134 Å². The second-order valence-electron chi connectivity index (χ2n) is 5.65. The lowest BCUT2D eigenvalue weighted by atomic mass is 10.1. The highest BCUT2D eigenvalue weighted by atomic mass is 79.9. The summed E-state index contributed by atoms with van der Waals surface area (Å²) >= 11 is 3.62. The minimum absolute atomic E-state index is 0.00276. The van der Waals surface area contributed by atoms with Crippen molar-refractivity contribution in [1.82, 2.24) is 9.88 Å². The predicted molar refractivity (Wildman–Crippen MR) is 85.8 cm³/mol. The Balaban J connectivity index is 1.73. The van der Waals surface area contributed by atoms with Crippen LogP contribution < -0.4 is 4.90 Å². The molecule has 2 aliphatic rings. The lowest BCUT2D eigenvalue weighted by molar-refractivity contribution is -0.0117. The number of aromatic nitrogens is 1. The van der Waals surface area contributed by atoms with Crippen LogP contribution in [0, 0.1) is 0 Å². The van der Waals surface area contributed by atoms with Gasteiger partial charge in [-0.05, 0) is 28.9 Å². The van der Waals surface area contributed by atoms with Crippen molar-refractivity contribution in [3.05, 3.63) is 22.4 Å². The predicted octanol–water partition coefficient (Wildman–Crippen LogP) is 2.07. The van der Waals surface area contributed by atoms with Crippen LogP contribution in [0.25, 0.3) is 0 Å². The van der Waals surface area contributed by atoms with Gasteiger partial charge >= 0.3 is 0 Å². The van der Waals surface area contributed by atoms with Crippen molar-refractivity contribution in [2.24, 2.45) is 0 Å². The number of piperazine rings is 1. The van der Waals surface area contributed by atoms with Crippen molar-refractivity contribution in [3.8, 4) is 0 Å². The molecule has 1 aromatic rings. The highest BCUT2D eigenvalue weighted by Crippen LogP contribution is 2.28. The molecule has 6 heteroatoms. The zero-order valence-electron chi connectivity index (χ0n) is 12.6. The Hall–Kier alpha value is -0.690. The van der Waals surface area contributed by atoms with Gasteiger partial charge < -0.3 is 14.4 Å². The van der Waals surface area contributed by atoms with Crippen LogP contribution in [0.5, 0.6) is 0 Å². The highest BCUT2D eigenvalue weighted by Gasteiger charge is 2.30. The normalized spacial score (nSPS) is 24.7. The maximum absolute atomic E-state index is 5.60. The Kier molecular flexibility index (Phi) is 4.78. The molecule has 0 aliphatic carbocycles. The zero-order valence-corrected chi connectivity index (χ0v) is 14.2. The number of anilines is 1. The molecular weight excluding hydrogens is 334 g/mol. The molecule has 21 heavy (non-hydrogen) atoms. The molecule has 2 fully saturated rings. The Morgan fingerprint density at radius 1 is 1.43 bits per heavy atom. The standard InChI is InChI=1S/C15H22BrN3O2/c1-11(20-2)15-14(16)7-12(8-17-15)19-4-3-18-5-6-21-10-13(18)9-19/h7-8,11,13H,3-6,9-10H2,1-2H3/t11-,13-/m0/s1. The fourth-order valence-corrected chi connectivity index (χ4v) is 3.66. The van der Waals surface area contributed by atoms with E-state index < -0.39 is 0 Å². The van der Waals surface area contributed by atoms with Gasteiger partial charge in [-0.1, -0.05) is 0 Å². The van der Waals surface area contributed by atoms with Crippen molar-refractivity contribution < 1.29 is 9.47 Å². The number of hydrogen-bond donors (Lipinski definition) is 0. The largest absolute Gasteiger partial charge is 0.378 e. The first-order chi connectivity index (χ1) is 10.2. The number of pyridine rings is 1. The molecule has 2 aliphatic heterocycles. The fourth-order valence-electron chi connectivity index (χ4n) is 3.00. The van der Waals surface area contributed by atoms with E-state index >= 15 is 0 Å². The second kappa shape index (κ2) is 6.60. The van der Waals surface area contributed by atoms with Gasteiger partial charge in [-0.2, -0.15) is 0 Å². The summed E-state index contributed by atoms with van der Waals surface area (Å²) in [5, 5.41) is 0. The third kappa shape index (κ3) is 3.23. The smallest absolute Gasteiger partial charge is 0.0974 e. The summed E-state index contributed by atoms with van der Waals surface area (Å²) in [6, 6.07) is 2.65. The molecule has 0 radical (unpaired) electrons. The van der Waals surface area contributed by atoms with Crippen LogP contribution in [0.4, 0.5) is 5.69 Å². The maximum Gasteiger partial charge on any atom is 0.0974 e. The monoisotopic (exact) mass is 355 g/mol. The van der Waals surface area contributed by atoms with E-state index in [0.717, 1.165) is 49.6 Å². The molecule has 116 valence electrons. The van der Waals surface area contributed by atoms with E-state index in [9.17, 15) is 0 Å². The third-order valence-electron chi connectivity index (χ3n) is 4.40. The van der Waals surface area contributed by atoms with Gasteiger partial charge in [-0.25, -0.2) is 0 Å². The molecule has 1 aromatic heterocycles. The highest BCUT2D eigenvalue weighted by molar-refractivity contribution is 9.10. The number of halogens is 1. The quantitative estimate of drug-likeness (QED) is 0.829. The number of nitrogens with zero attached hydrogens (tertiary/aromatic N) is 3. The van der Waals surface area contributed by atoms with E-state index in [1.807, 2.05) is 13.1 Å². The summed E-state index contributed by atoms with van der Waals surface area (Å²) in [6.45, 7) is 7.92. The van der Waals surface area contributed by atoms with Crippen LogP contribution >= 0.6 is 15.9 Å². The van der Waals surface area contributed by atoms with E-state index in [4.69, 9.17) is 9.47 Å². The van der Waals surface area contributed by atoms with Crippen LogP contribution in [-0.2, 0) is 9.47 Å². The molecule has 3 heterocycles. The summed E-state index contributed by atoms with van der Waals surface area (Å²) in [5.74, 6) is 0. The van der Waals surface area contributed by atoms with Crippen molar-refractivity contribution in [2.75, 3.05) is 51.4 Å². The minimum Gasteiger partial charge on any atom is -0.378 e. The number of methoxy groups -OCH3 is 1. The number of ether oxygens (including phenoxy) is 2. The molecule has 2 atom stereocenters. The number of rotatable bonds is 3. The number of fused-ring (bicyclic) bond motifs is 1. The molecule has 5 nitrogen and oxygen atoms in total. The molecule has 0 saturated carbocycles. The first-order valence-corrected chi connectivity index (χ1v) is 8.23. The van der Waals surface area contributed by atoms with E-state index in [-0.39, 0.29) is 6.10 Å². The maximum atomic E-state index is 5.60. The molecule has 3 rings (SSSR count). The average Bonchev–Trinajstić information content (AvgIpc) is 2.53. The van der Waals surface area contributed by atoms with Crippen LogP contribution in [-0.4, -0.2) is 62.4 Å². The Morgan fingerprint density at radius 2 is 2.29 bits per heavy atom. The van der Waals surface area contributed by atoms with Crippen molar-refractivity contribution >= 4 is 21.6 Å². The summed E-state index contributed by atoms with van der Waals surface area (Å²) in [6.07, 6.45) is 1.95. The topological polar surface area (TPSA) is 37.8 Å². The lowest BCUT2D eigenvalue weighted by Crippen LogP contribution is -2.58. The summed E-state index contributed by atoms with van der Waals surface area (Å²) in [5.41, 5.74) is 2.11. The van der Waals surface area contributed by atoms with Crippen molar-refractivity contribution in [2.45, 2.75) is 19.1 Å². The van der Waals surface area contributed by atoms with E-state index in [0.29, 0.717) is 6.04 Å². The SMILES string of the molecule is CO[C@@H](C)c1ncc(N2CCN3CCOC[C@@H]3C2)cc1Br. The van der Waals surface area contributed by atoms with Gasteiger partial charge in [0.05, 0.1) is 42.9 Å². The third-order valence-corrected chi connectivity index (χ3v) is 5.03. The molecule has 0 amide bonds. The van der Waals surface area contributed by atoms with Crippen LogP contribution in [0.15, 0.2) is 16.7 Å². The zero-order chi connectivity index (χ0) is 14.8. The van der Waals surface area contributed by atoms with Crippen LogP contribution in [0.3, 0.4) is 0 Å². The van der Waals surface area contributed by atoms with Crippen molar-refractivity contribution in [1.29, 1.82) is 0 Å².